The molecular formula is C9H15NO. The van der Waals surface area contributed by atoms with E-state index < -0.39 is 0 Å². The van der Waals surface area contributed by atoms with E-state index in [0.717, 1.165) is 13.0 Å². The Morgan fingerprint density at radius 2 is 2.45 bits per heavy atom. The van der Waals surface area contributed by atoms with Crippen LogP contribution in [0.2, 0.25) is 0 Å². The van der Waals surface area contributed by atoms with Crippen molar-refractivity contribution in [3.05, 3.63) is 0 Å². The number of piperidine rings is 1. The lowest BCUT2D eigenvalue weighted by Crippen LogP contribution is -2.41. The second kappa shape index (κ2) is 4.38. The quantitative estimate of drug-likeness (QED) is 0.592. The first-order valence-corrected chi connectivity index (χ1v) is 4.11. The molecule has 0 aliphatic carbocycles. The number of hydrogen-bond donors (Lipinski definition) is 1. The van der Waals surface area contributed by atoms with Crippen molar-refractivity contribution in [2.24, 2.45) is 0 Å². The van der Waals surface area contributed by atoms with E-state index >= 15 is 0 Å². The topological polar surface area (TPSA) is 21.3 Å². The third-order valence-corrected chi connectivity index (χ3v) is 2.02. The third kappa shape index (κ3) is 2.92. The highest BCUT2D eigenvalue weighted by atomic mass is 16.5. The van der Waals surface area contributed by atoms with E-state index in [0.29, 0.717) is 18.8 Å². The van der Waals surface area contributed by atoms with Crippen molar-refractivity contribution >= 4 is 0 Å². The highest BCUT2D eigenvalue weighted by Gasteiger charge is 2.16. The van der Waals surface area contributed by atoms with Gasteiger partial charge in [-0.25, -0.2) is 0 Å². The molecule has 0 bridgehead atoms. The average molecular weight is 153 g/mol. The van der Waals surface area contributed by atoms with E-state index in [1.165, 1.54) is 6.42 Å². The molecule has 0 aromatic heterocycles. The van der Waals surface area contributed by atoms with Crippen molar-refractivity contribution in [2.75, 3.05) is 13.2 Å². The van der Waals surface area contributed by atoms with Crippen molar-refractivity contribution in [1.29, 1.82) is 0 Å². The Balaban J connectivity index is 2.13. The van der Waals surface area contributed by atoms with Crippen LogP contribution in [0.25, 0.3) is 0 Å². The Labute approximate surface area is 68.3 Å². The van der Waals surface area contributed by atoms with Gasteiger partial charge in [0.1, 0.15) is 6.61 Å². The number of rotatable bonds is 2. The summed E-state index contributed by atoms with van der Waals surface area (Å²) in [5.41, 5.74) is 0. The highest BCUT2D eigenvalue weighted by molar-refractivity contribution is 4.84. The molecule has 2 heteroatoms. The van der Waals surface area contributed by atoms with Gasteiger partial charge in [-0.1, -0.05) is 5.92 Å². The van der Waals surface area contributed by atoms with Crippen LogP contribution in [0.5, 0.6) is 0 Å². The minimum Gasteiger partial charge on any atom is -0.364 e. The van der Waals surface area contributed by atoms with Gasteiger partial charge in [-0.15, -0.1) is 6.42 Å². The van der Waals surface area contributed by atoms with E-state index in [1.807, 2.05) is 0 Å². The van der Waals surface area contributed by atoms with Crippen LogP contribution in [0.4, 0.5) is 0 Å². The molecule has 1 unspecified atom stereocenters. The largest absolute Gasteiger partial charge is 0.364 e. The van der Waals surface area contributed by atoms with Crippen molar-refractivity contribution in [1.82, 2.24) is 5.32 Å². The Kier molecular flexibility index (Phi) is 3.41. The molecule has 1 rings (SSSR count). The number of ether oxygens (including phenoxy) is 1. The lowest BCUT2D eigenvalue weighted by molar-refractivity contribution is 0.0517. The second-order valence-electron chi connectivity index (χ2n) is 3.02. The van der Waals surface area contributed by atoms with Crippen LogP contribution in [-0.4, -0.2) is 25.3 Å². The molecule has 0 aromatic carbocycles. The van der Waals surface area contributed by atoms with Crippen LogP contribution in [0, 0.1) is 12.3 Å². The first kappa shape index (κ1) is 8.58. The fourth-order valence-electron chi connectivity index (χ4n) is 1.28. The molecule has 1 saturated heterocycles. The van der Waals surface area contributed by atoms with E-state index in [-0.39, 0.29) is 0 Å². The second-order valence-corrected chi connectivity index (χ2v) is 3.02. The summed E-state index contributed by atoms with van der Waals surface area (Å²) in [4.78, 5) is 0. The van der Waals surface area contributed by atoms with E-state index in [9.17, 15) is 0 Å². The van der Waals surface area contributed by atoms with Gasteiger partial charge in [-0.05, 0) is 19.8 Å². The summed E-state index contributed by atoms with van der Waals surface area (Å²) >= 11 is 0. The minimum atomic E-state index is 0.335. The molecule has 0 amide bonds. The van der Waals surface area contributed by atoms with Crippen LogP contribution in [0.1, 0.15) is 19.8 Å². The smallest absolute Gasteiger partial charge is 0.107 e. The average Bonchev–Trinajstić information content (AvgIpc) is 2.04. The molecule has 1 N–H and O–H groups in total. The summed E-state index contributed by atoms with van der Waals surface area (Å²) in [6.45, 7) is 3.58. The van der Waals surface area contributed by atoms with Crippen LogP contribution < -0.4 is 5.32 Å². The van der Waals surface area contributed by atoms with Gasteiger partial charge in [0.25, 0.3) is 0 Å². The van der Waals surface area contributed by atoms with Gasteiger partial charge < -0.3 is 10.1 Å². The van der Waals surface area contributed by atoms with Crippen molar-refractivity contribution in [2.45, 2.75) is 31.9 Å². The summed E-state index contributed by atoms with van der Waals surface area (Å²) in [6, 6.07) is 0.640. The maximum Gasteiger partial charge on any atom is 0.107 e. The van der Waals surface area contributed by atoms with Gasteiger partial charge in [0.15, 0.2) is 0 Å². The molecule has 0 saturated carbocycles. The zero-order valence-corrected chi connectivity index (χ0v) is 6.97. The number of terminal acetylenes is 1. The first-order valence-electron chi connectivity index (χ1n) is 4.11. The summed E-state index contributed by atoms with van der Waals surface area (Å²) in [6.07, 6.45) is 7.74. The molecule has 2 atom stereocenters. The third-order valence-electron chi connectivity index (χ3n) is 2.02. The molecule has 1 heterocycles. The molecule has 1 aliphatic heterocycles. The molecule has 0 spiro atoms. The predicted molar refractivity (Wildman–Crippen MR) is 45.3 cm³/mol. The van der Waals surface area contributed by atoms with E-state index in [2.05, 4.69) is 18.2 Å². The monoisotopic (exact) mass is 153 g/mol. The Hall–Kier alpha value is -0.520. The summed E-state index contributed by atoms with van der Waals surface area (Å²) in [5, 5.41) is 3.35. The zero-order chi connectivity index (χ0) is 8.10. The SMILES string of the molecule is C#CCOC1CC[C@@H](C)NC1. The molecule has 1 aliphatic rings. The van der Waals surface area contributed by atoms with Gasteiger partial charge >= 0.3 is 0 Å². The van der Waals surface area contributed by atoms with Gasteiger partial charge in [-0.2, -0.15) is 0 Å². The van der Waals surface area contributed by atoms with Crippen molar-refractivity contribution < 1.29 is 4.74 Å². The maximum atomic E-state index is 5.38. The number of hydrogen-bond acceptors (Lipinski definition) is 2. The molecule has 62 valence electrons. The molecular weight excluding hydrogens is 138 g/mol. The van der Waals surface area contributed by atoms with Crippen LogP contribution >= 0.6 is 0 Å². The lowest BCUT2D eigenvalue weighted by atomic mass is 10.0. The Morgan fingerprint density at radius 3 is 3.00 bits per heavy atom. The summed E-state index contributed by atoms with van der Waals surface area (Å²) in [5.74, 6) is 2.48. The lowest BCUT2D eigenvalue weighted by Gasteiger charge is -2.26. The van der Waals surface area contributed by atoms with Crippen LogP contribution in [0.3, 0.4) is 0 Å². The summed E-state index contributed by atoms with van der Waals surface area (Å²) < 4.78 is 5.38. The summed E-state index contributed by atoms with van der Waals surface area (Å²) in [7, 11) is 0. The molecule has 0 aromatic rings. The van der Waals surface area contributed by atoms with Crippen LogP contribution in [-0.2, 0) is 4.74 Å². The van der Waals surface area contributed by atoms with Crippen molar-refractivity contribution in [3.8, 4) is 12.3 Å². The fourth-order valence-corrected chi connectivity index (χ4v) is 1.28. The molecule has 2 nitrogen and oxygen atoms in total. The standard InChI is InChI=1S/C9H15NO/c1-3-6-11-9-5-4-8(2)10-7-9/h1,8-10H,4-7H2,2H3/t8-,9?/m1/s1. The first-order chi connectivity index (χ1) is 5.33. The van der Waals surface area contributed by atoms with Crippen molar-refractivity contribution in [3.63, 3.8) is 0 Å². The Bertz CT molecular complexity index is 142. The Morgan fingerprint density at radius 1 is 1.64 bits per heavy atom. The molecule has 0 radical (unpaired) electrons. The molecule has 1 fully saturated rings. The van der Waals surface area contributed by atoms with E-state index in [4.69, 9.17) is 11.2 Å². The van der Waals surface area contributed by atoms with Gasteiger partial charge in [0.2, 0.25) is 0 Å². The maximum absolute atomic E-state index is 5.38. The van der Waals surface area contributed by atoms with Gasteiger partial charge in [0, 0.05) is 12.6 Å². The fraction of sp³-hybridized carbons (Fsp3) is 0.778. The minimum absolute atomic E-state index is 0.335. The normalized spacial score (nSPS) is 31.3. The number of nitrogens with one attached hydrogen (secondary N) is 1. The van der Waals surface area contributed by atoms with Crippen LogP contribution in [0.15, 0.2) is 0 Å². The highest BCUT2D eigenvalue weighted by Crippen LogP contribution is 2.09. The van der Waals surface area contributed by atoms with E-state index in [1.54, 1.807) is 0 Å². The molecule has 11 heavy (non-hydrogen) atoms. The van der Waals surface area contributed by atoms with Gasteiger partial charge in [-0.3, -0.25) is 0 Å². The predicted octanol–water partition coefficient (Wildman–Crippen LogP) is 0.777. The zero-order valence-electron chi connectivity index (χ0n) is 6.97. The van der Waals surface area contributed by atoms with Gasteiger partial charge in [0.05, 0.1) is 6.10 Å².